The molecular formula is C13H8BrN3O. The molecule has 18 heavy (non-hydrogen) atoms. The lowest BCUT2D eigenvalue weighted by molar-refractivity contribution is 0.112. The first-order valence-electron chi connectivity index (χ1n) is 5.34. The minimum atomic E-state index is 0.647. The van der Waals surface area contributed by atoms with Gasteiger partial charge in [0.25, 0.3) is 0 Å². The second-order valence-electron chi connectivity index (χ2n) is 3.84. The standard InChI is InChI=1S/C13H8BrN3O/c14-11-5-6-12-15-16-13(17(12)7-11)10-3-1-9(8-18)2-4-10/h1-8H. The molecule has 3 rings (SSSR count). The predicted octanol–water partition coefficient (Wildman–Crippen LogP) is 2.97. The van der Waals surface area contributed by atoms with Gasteiger partial charge < -0.3 is 0 Å². The molecule has 88 valence electrons. The molecule has 0 saturated carbocycles. The molecule has 2 heterocycles. The molecule has 1 aromatic carbocycles. The van der Waals surface area contributed by atoms with E-state index in [1.807, 2.05) is 34.9 Å². The molecule has 4 nitrogen and oxygen atoms in total. The second kappa shape index (κ2) is 4.34. The molecule has 0 unspecified atom stereocenters. The number of carbonyl (C=O) groups is 1. The zero-order chi connectivity index (χ0) is 12.5. The summed E-state index contributed by atoms with van der Waals surface area (Å²) in [6, 6.07) is 11.1. The predicted molar refractivity (Wildman–Crippen MR) is 71.5 cm³/mol. The van der Waals surface area contributed by atoms with Crippen molar-refractivity contribution in [1.82, 2.24) is 14.6 Å². The quantitative estimate of drug-likeness (QED) is 0.684. The number of aromatic nitrogens is 3. The molecule has 5 heteroatoms. The number of fused-ring (bicyclic) bond motifs is 1. The van der Waals surface area contributed by atoms with Gasteiger partial charge in [-0.2, -0.15) is 0 Å². The van der Waals surface area contributed by atoms with Crippen molar-refractivity contribution in [2.75, 3.05) is 0 Å². The average molecular weight is 302 g/mol. The Bertz CT molecular complexity index is 719. The molecule has 0 N–H and O–H groups in total. The van der Waals surface area contributed by atoms with Crippen molar-refractivity contribution in [2.24, 2.45) is 0 Å². The fourth-order valence-corrected chi connectivity index (χ4v) is 2.11. The zero-order valence-corrected chi connectivity index (χ0v) is 10.8. The third-order valence-electron chi connectivity index (χ3n) is 2.67. The molecule has 0 saturated heterocycles. The van der Waals surface area contributed by atoms with E-state index in [0.29, 0.717) is 5.56 Å². The van der Waals surface area contributed by atoms with Crippen molar-refractivity contribution in [3.8, 4) is 11.4 Å². The van der Waals surface area contributed by atoms with Gasteiger partial charge in [-0.3, -0.25) is 9.20 Å². The molecule has 0 spiro atoms. The Morgan fingerprint density at radius 3 is 2.56 bits per heavy atom. The lowest BCUT2D eigenvalue weighted by Gasteiger charge is -2.00. The Kier molecular flexibility index (Phi) is 2.68. The van der Waals surface area contributed by atoms with Crippen LogP contribution in [0.25, 0.3) is 17.0 Å². The summed E-state index contributed by atoms with van der Waals surface area (Å²) in [6.07, 6.45) is 2.74. The van der Waals surface area contributed by atoms with Gasteiger partial charge in [-0.1, -0.05) is 24.3 Å². The van der Waals surface area contributed by atoms with Gasteiger partial charge in [-0.15, -0.1) is 10.2 Å². The Labute approximate surface area is 111 Å². The molecule has 0 fully saturated rings. The summed E-state index contributed by atoms with van der Waals surface area (Å²) >= 11 is 3.42. The number of pyridine rings is 1. The molecule has 2 aromatic heterocycles. The number of hydrogen-bond acceptors (Lipinski definition) is 3. The van der Waals surface area contributed by atoms with Gasteiger partial charge in [0.1, 0.15) is 6.29 Å². The van der Waals surface area contributed by atoms with Crippen LogP contribution in [-0.4, -0.2) is 20.9 Å². The SMILES string of the molecule is O=Cc1ccc(-c2nnc3ccc(Br)cn23)cc1. The molecule has 0 aliphatic heterocycles. The summed E-state index contributed by atoms with van der Waals surface area (Å²) < 4.78 is 2.86. The van der Waals surface area contributed by atoms with E-state index >= 15 is 0 Å². The molecule has 0 atom stereocenters. The van der Waals surface area contributed by atoms with E-state index in [4.69, 9.17) is 0 Å². The highest BCUT2D eigenvalue weighted by atomic mass is 79.9. The van der Waals surface area contributed by atoms with Crippen molar-refractivity contribution in [3.05, 3.63) is 52.6 Å². The minimum absolute atomic E-state index is 0.647. The summed E-state index contributed by atoms with van der Waals surface area (Å²) in [5.41, 5.74) is 2.35. The first kappa shape index (κ1) is 11.1. The van der Waals surface area contributed by atoms with Crippen molar-refractivity contribution >= 4 is 27.9 Å². The van der Waals surface area contributed by atoms with E-state index in [2.05, 4.69) is 26.1 Å². The maximum absolute atomic E-state index is 10.6. The van der Waals surface area contributed by atoms with Crippen LogP contribution in [0.5, 0.6) is 0 Å². The van der Waals surface area contributed by atoms with Gasteiger partial charge in [0.05, 0.1) is 0 Å². The summed E-state index contributed by atoms with van der Waals surface area (Å²) in [6.45, 7) is 0. The fraction of sp³-hybridized carbons (Fsp3) is 0. The topological polar surface area (TPSA) is 47.3 Å². The second-order valence-corrected chi connectivity index (χ2v) is 4.75. The Balaban J connectivity index is 2.18. The van der Waals surface area contributed by atoms with Crippen LogP contribution in [0.4, 0.5) is 0 Å². The normalized spacial score (nSPS) is 10.7. The lowest BCUT2D eigenvalue weighted by atomic mass is 10.1. The smallest absolute Gasteiger partial charge is 0.168 e. The van der Waals surface area contributed by atoms with Gasteiger partial charge in [0, 0.05) is 21.8 Å². The summed E-state index contributed by atoms with van der Waals surface area (Å²) in [5.74, 6) is 0.753. The zero-order valence-electron chi connectivity index (χ0n) is 9.25. The van der Waals surface area contributed by atoms with Crippen molar-refractivity contribution in [2.45, 2.75) is 0 Å². The number of rotatable bonds is 2. The fourth-order valence-electron chi connectivity index (χ4n) is 1.77. The van der Waals surface area contributed by atoms with E-state index in [0.717, 1.165) is 27.8 Å². The Hall–Kier alpha value is -2.01. The van der Waals surface area contributed by atoms with Crippen molar-refractivity contribution in [3.63, 3.8) is 0 Å². The maximum Gasteiger partial charge on any atom is 0.168 e. The number of halogens is 1. The molecule has 0 radical (unpaired) electrons. The first-order chi connectivity index (χ1) is 8.78. The third kappa shape index (κ3) is 1.82. The Morgan fingerprint density at radius 1 is 1.06 bits per heavy atom. The summed E-state index contributed by atoms with van der Waals surface area (Å²) in [4.78, 5) is 10.6. The maximum atomic E-state index is 10.6. The molecule has 3 aromatic rings. The van der Waals surface area contributed by atoms with E-state index in [9.17, 15) is 4.79 Å². The molecule has 0 amide bonds. The minimum Gasteiger partial charge on any atom is -0.298 e. The van der Waals surface area contributed by atoms with E-state index < -0.39 is 0 Å². The van der Waals surface area contributed by atoms with Gasteiger partial charge >= 0.3 is 0 Å². The molecule has 0 aliphatic rings. The van der Waals surface area contributed by atoms with Gasteiger partial charge in [-0.25, -0.2) is 0 Å². The number of benzene rings is 1. The van der Waals surface area contributed by atoms with Crippen LogP contribution < -0.4 is 0 Å². The first-order valence-corrected chi connectivity index (χ1v) is 6.13. The van der Waals surface area contributed by atoms with Crippen molar-refractivity contribution < 1.29 is 4.79 Å². The van der Waals surface area contributed by atoms with E-state index in [1.54, 1.807) is 12.1 Å². The number of nitrogens with zero attached hydrogens (tertiary/aromatic N) is 3. The van der Waals surface area contributed by atoms with Crippen LogP contribution in [0.1, 0.15) is 10.4 Å². The van der Waals surface area contributed by atoms with Gasteiger partial charge in [0.2, 0.25) is 0 Å². The highest BCUT2D eigenvalue weighted by molar-refractivity contribution is 9.10. The van der Waals surface area contributed by atoms with Crippen LogP contribution in [0.2, 0.25) is 0 Å². The van der Waals surface area contributed by atoms with Crippen LogP contribution in [0.15, 0.2) is 47.1 Å². The number of carbonyl (C=O) groups excluding carboxylic acids is 1. The summed E-state index contributed by atoms with van der Waals surface area (Å²) in [5, 5.41) is 8.27. The van der Waals surface area contributed by atoms with Crippen LogP contribution >= 0.6 is 15.9 Å². The van der Waals surface area contributed by atoms with Gasteiger partial charge in [0.15, 0.2) is 11.5 Å². The third-order valence-corrected chi connectivity index (χ3v) is 3.14. The van der Waals surface area contributed by atoms with E-state index in [-0.39, 0.29) is 0 Å². The number of aldehydes is 1. The number of hydrogen-bond donors (Lipinski definition) is 0. The highest BCUT2D eigenvalue weighted by Crippen LogP contribution is 2.20. The molecule has 0 bridgehead atoms. The molecule has 0 aliphatic carbocycles. The molecular weight excluding hydrogens is 294 g/mol. The van der Waals surface area contributed by atoms with E-state index in [1.165, 1.54) is 0 Å². The average Bonchev–Trinajstić information content (AvgIpc) is 2.82. The summed E-state index contributed by atoms with van der Waals surface area (Å²) in [7, 11) is 0. The Morgan fingerprint density at radius 2 is 1.83 bits per heavy atom. The highest BCUT2D eigenvalue weighted by Gasteiger charge is 2.07. The van der Waals surface area contributed by atoms with Crippen molar-refractivity contribution in [1.29, 1.82) is 0 Å². The monoisotopic (exact) mass is 301 g/mol. The largest absolute Gasteiger partial charge is 0.298 e. The van der Waals surface area contributed by atoms with Crippen LogP contribution in [0, 0.1) is 0 Å². The lowest BCUT2D eigenvalue weighted by Crippen LogP contribution is -1.89. The van der Waals surface area contributed by atoms with Crippen LogP contribution in [0.3, 0.4) is 0 Å². The van der Waals surface area contributed by atoms with Crippen LogP contribution in [-0.2, 0) is 0 Å². The van der Waals surface area contributed by atoms with Gasteiger partial charge in [-0.05, 0) is 28.1 Å².